The second kappa shape index (κ2) is 5.98. The molecule has 0 aliphatic carbocycles. The molecule has 1 atom stereocenters. The lowest BCUT2D eigenvalue weighted by molar-refractivity contribution is 0.567. The largest absolute Gasteiger partial charge is 0.305 e. The molecular weight excluding hydrogens is 234 g/mol. The quantitative estimate of drug-likeness (QED) is 0.788. The van der Waals surface area contributed by atoms with Gasteiger partial charge in [-0.15, -0.1) is 0 Å². The highest BCUT2D eigenvalue weighted by atomic mass is 32.2. The minimum Gasteiger partial charge on any atom is -0.305 e. The van der Waals surface area contributed by atoms with Gasteiger partial charge in [0.1, 0.15) is 9.84 Å². The lowest BCUT2D eigenvalue weighted by Gasteiger charge is -2.18. The van der Waals surface area contributed by atoms with E-state index < -0.39 is 9.84 Å². The molecule has 3 nitrogen and oxygen atoms in total. The lowest BCUT2D eigenvalue weighted by Crippen LogP contribution is -2.28. The zero-order chi connectivity index (χ0) is 12.9. The molecule has 0 unspecified atom stereocenters. The SMILES string of the molecule is C=C(C)CN[C@H](CS(C)(=O)=O)c1ccccc1. The van der Waals surface area contributed by atoms with Gasteiger partial charge in [0.25, 0.3) is 0 Å². The maximum Gasteiger partial charge on any atom is 0.149 e. The number of sulfone groups is 1. The summed E-state index contributed by atoms with van der Waals surface area (Å²) in [5.41, 5.74) is 1.97. The number of benzene rings is 1. The second-order valence-corrected chi connectivity index (χ2v) is 6.58. The van der Waals surface area contributed by atoms with Crippen molar-refractivity contribution in [3.63, 3.8) is 0 Å². The predicted molar refractivity (Wildman–Crippen MR) is 71.7 cm³/mol. The predicted octanol–water partition coefficient (Wildman–Crippen LogP) is 1.94. The van der Waals surface area contributed by atoms with E-state index >= 15 is 0 Å². The van der Waals surface area contributed by atoms with Crippen LogP contribution in [-0.4, -0.2) is 27.0 Å². The van der Waals surface area contributed by atoms with Gasteiger partial charge < -0.3 is 5.32 Å². The van der Waals surface area contributed by atoms with E-state index in [0.717, 1.165) is 11.1 Å². The molecule has 4 heteroatoms. The average molecular weight is 253 g/mol. The topological polar surface area (TPSA) is 46.2 Å². The minimum atomic E-state index is -3.01. The second-order valence-electron chi connectivity index (χ2n) is 4.39. The molecule has 0 bridgehead atoms. The van der Waals surface area contributed by atoms with Gasteiger partial charge in [0.15, 0.2) is 0 Å². The van der Waals surface area contributed by atoms with E-state index in [4.69, 9.17) is 0 Å². The van der Waals surface area contributed by atoms with Crippen molar-refractivity contribution in [3.8, 4) is 0 Å². The van der Waals surface area contributed by atoms with E-state index in [-0.39, 0.29) is 11.8 Å². The zero-order valence-electron chi connectivity index (χ0n) is 10.3. The van der Waals surface area contributed by atoms with Crippen LogP contribution in [0.1, 0.15) is 18.5 Å². The van der Waals surface area contributed by atoms with Crippen LogP contribution in [0.2, 0.25) is 0 Å². The lowest BCUT2D eigenvalue weighted by atomic mass is 10.1. The normalized spacial score (nSPS) is 13.3. The Labute approximate surface area is 103 Å². The highest BCUT2D eigenvalue weighted by Gasteiger charge is 2.16. The molecule has 0 amide bonds. The van der Waals surface area contributed by atoms with Crippen molar-refractivity contribution in [3.05, 3.63) is 48.0 Å². The Bertz CT molecular complexity index is 465. The summed E-state index contributed by atoms with van der Waals surface area (Å²) in [5, 5.41) is 3.21. The monoisotopic (exact) mass is 253 g/mol. The first kappa shape index (κ1) is 13.9. The number of nitrogens with one attached hydrogen (secondary N) is 1. The average Bonchev–Trinajstić information content (AvgIpc) is 2.24. The number of rotatable bonds is 6. The first-order chi connectivity index (χ1) is 7.88. The van der Waals surface area contributed by atoms with Crippen molar-refractivity contribution in [1.82, 2.24) is 5.32 Å². The van der Waals surface area contributed by atoms with Gasteiger partial charge in [-0.1, -0.05) is 42.5 Å². The van der Waals surface area contributed by atoms with E-state index in [1.807, 2.05) is 37.3 Å². The maximum absolute atomic E-state index is 11.4. The summed E-state index contributed by atoms with van der Waals surface area (Å²) < 4.78 is 22.8. The maximum atomic E-state index is 11.4. The van der Waals surface area contributed by atoms with Gasteiger partial charge in [-0.05, 0) is 12.5 Å². The van der Waals surface area contributed by atoms with Crippen LogP contribution in [0.25, 0.3) is 0 Å². The van der Waals surface area contributed by atoms with Crippen LogP contribution >= 0.6 is 0 Å². The molecule has 1 N–H and O–H groups in total. The molecule has 0 aromatic heterocycles. The molecule has 0 heterocycles. The van der Waals surface area contributed by atoms with Gasteiger partial charge in [0, 0.05) is 18.8 Å². The van der Waals surface area contributed by atoms with Crippen LogP contribution in [-0.2, 0) is 9.84 Å². The van der Waals surface area contributed by atoms with Gasteiger partial charge in [-0.3, -0.25) is 0 Å². The van der Waals surface area contributed by atoms with E-state index in [2.05, 4.69) is 11.9 Å². The van der Waals surface area contributed by atoms with Gasteiger partial charge in [0.2, 0.25) is 0 Å². The summed E-state index contributed by atoms with van der Waals surface area (Å²) in [5.74, 6) is 0.101. The Hall–Kier alpha value is -1.13. The van der Waals surface area contributed by atoms with Crippen molar-refractivity contribution in [2.75, 3.05) is 18.6 Å². The summed E-state index contributed by atoms with van der Waals surface area (Å²) in [7, 11) is -3.01. The van der Waals surface area contributed by atoms with E-state index in [1.54, 1.807) is 0 Å². The Kier molecular flexibility index (Phi) is 4.90. The highest BCUT2D eigenvalue weighted by Crippen LogP contribution is 2.14. The van der Waals surface area contributed by atoms with Gasteiger partial charge in [-0.25, -0.2) is 8.42 Å². The molecule has 1 aromatic carbocycles. The number of hydrogen-bond donors (Lipinski definition) is 1. The Morgan fingerprint density at radius 3 is 2.41 bits per heavy atom. The minimum absolute atomic E-state index is 0.101. The van der Waals surface area contributed by atoms with Crippen LogP contribution in [0.15, 0.2) is 42.5 Å². The van der Waals surface area contributed by atoms with Crippen molar-refractivity contribution in [2.45, 2.75) is 13.0 Å². The summed E-state index contributed by atoms with van der Waals surface area (Å²) in [4.78, 5) is 0. The molecule has 0 saturated carbocycles. The van der Waals surface area contributed by atoms with Crippen molar-refractivity contribution < 1.29 is 8.42 Å². The third-order valence-corrected chi connectivity index (χ3v) is 3.26. The van der Waals surface area contributed by atoms with Gasteiger partial charge in [0.05, 0.1) is 5.75 Å². The molecule has 0 radical (unpaired) electrons. The Morgan fingerprint density at radius 2 is 1.94 bits per heavy atom. The Morgan fingerprint density at radius 1 is 1.35 bits per heavy atom. The molecule has 0 saturated heterocycles. The van der Waals surface area contributed by atoms with Crippen LogP contribution in [0.3, 0.4) is 0 Å². The summed E-state index contributed by atoms with van der Waals surface area (Å²) >= 11 is 0. The van der Waals surface area contributed by atoms with Crippen molar-refractivity contribution in [2.24, 2.45) is 0 Å². The van der Waals surface area contributed by atoms with Crippen LogP contribution in [0.5, 0.6) is 0 Å². The third-order valence-electron chi connectivity index (χ3n) is 2.32. The molecule has 0 aliphatic heterocycles. The van der Waals surface area contributed by atoms with Gasteiger partial charge in [-0.2, -0.15) is 0 Å². The van der Waals surface area contributed by atoms with E-state index in [9.17, 15) is 8.42 Å². The molecule has 1 aromatic rings. The number of hydrogen-bond acceptors (Lipinski definition) is 3. The molecular formula is C13H19NO2S. The van der Waals surface area contributed by atoms with Gasteiger partial charge >= 0.3 is 0 Å². The smallest absolute Gasteiger partial charge is 0.149 e. The molecule has 0 spiro atoms. The summed E-state index contributed by atoms with van der Waals surface area (Å²) in [6.45, 7) is 6.34. The highest BCUT2D eigenvalue weighted by molar-refractivity contribution is 7.90. The first-order valence-corrected chi connectivity index (χ1v) is 7.55. The van der Waals surface area contributed by atoms with Crippen molar-refractivity contribution in [1.29, 1.82) is 0 Å². The van der Waals surface area contributed by atoms with E-state index in [0.29, 0.717) is 6.54 Å². The van der Waals surface area contributed by atoms with Crippen LogP contribution in [0.4, 0.5) is 0 Å². The fraction of sp³-hybridized carbons (Fsp3) is 0.385. The molecule has 0 aliphatic rings. The summed E-state index contributed by atoms with van der Waals surface area (Å²) in [6, 6.07) is 9.42. The standard InChI is InChI=1S/C13H19NO2S/c1-11(2)9-14-13(10-17(3,15)16)12-7-5-4-6-8-12/h4-8,13-14H,1,9-10H2,2-3H3/t13-/m1/s1. The van der Waals surface area contributed by atoms with Crippen LogP contribution < -0.4 is 5.32 Å². The zero-order valence-corrected chi connectivity index (χ0v) is 11.1. The summed E-state index contributed by atoms with van der Waals surface area (Å²) in [6.07, 6.45) is 1.26. The fourth-order valence-corrected chi connectivity index (χ4v) is 2.47. The van der Waals surface area contributed by atoms with E-state index in [1.165, 1.54) is 6.26 Å². The molecule has 0 fully saturated rings. The molecule has 17 heavy (non-hydrogen) atoms. The van der Waals surface area contributed by atoms with Crippen LogP contribution in [0, 0.1) is 0 Å². The Balaban J connectivity index is 2.83. The third kappa shape index (κ3) is 5.65. The fourth-order valence-electron chi connectivity index (χ4n) is 1.56. The molecule has 94 valence electrons. The molecule has 1 rings (SSSR count). The van der Waals surface area contributed by atoms with Crippen molar-refractivity contribution >= 4 is 9.84 Å². The first-order valence-electron chi connectivity index (χ1n) is 5.49.